The zero-order valence-corrected chi connectivity index (χ0v) is 12.6. The molecule has 0 radical (unpaired) electrons. The summed E-state index contributed by atoms with van der Waals surface area (Å²) in [5, 5.41) is -0.0774. The normalized spacial score (nSPS) is 11.0. The third kappa shape index (κ3) is 2.97. The standard InChI is InChI=1S/C17H10F4NP/c18-11-5-3-7-13(16(11)20)23(15-9-1-2-10-22-15)14-8-4-6-12(19)17(14)21/h1-10H. The molecule has 1 aromatic heterocycles. The van der Waals surface area contributed by atoms with Crippen LogP contribution in [0.5, 0.6) is 0 Å². The number of nitrogens with zero attached hydrogens (tertiary/aromatic N) is 1. The highest BCUT2D eigenvalue weighted by Gasteiger charge is 2.26. The molecule has 1 nitrogen and oxygen atoms in total. The zero-order chi connectivity index (χ0) is 16.4. The van der Waals surface area contributed by atoms with Crippen molar-refractivity contribution < 1.29 is 17.6 Å². The van der Waals surface area contributed by atoms with Crippen LogP contribution in [-0.2, 0) is 0 Å². The molecule has 1 heterocycles. The van der Waals surface area contributed by atoms with E-state index in [4.69, 9.17) is 0 Å². The van der Waals surface area contributed by atoms with Crippen LogP contribution in [0.15, 0.2) is 60.8 Å². The van der Waals surface area contributed by atoms with Gasteiger partial charge >= 0.3 is 0 Å². The smallest absolute Gasteiger partial charge is 0.167 e. The van der Waals surface area contributed by atoms with Gasteiger partial charge in [-0.15, -0.1) is 0 Å². The molecule has 6 heteroatoms. The van der Waals surface area contributed by atoms with Gasteiger partial charge in [0.15, 0.2) is 23.3 Å². The molecule has 0 spiro atoms. The molecule has 0 saturated carbocycles. The number of aromatic nitrogens is 1. The molecular formula is C17H10F4NP. The van der Waals surface area contributed by atoms with E-state index in [1.165, 1.54) is 30.5 Å². The van der Waals surface area contributed by atoms with Crippen LogP contribution in [0.2, 0.25) is 0 Å². The Kier molecular flexibility index (Phi) is 4.39. The fourth-order valence-electron chi connectivity index (χ4n) is 2.19. The lowest BCUT2D eigenvalue weighted by atomic mass is 10.3. The largest absolute Gasteiger partial charge is 0.256 e. The van der Waals surface area contributed by atoms with Gasteiger partial charge in [-0.05, 0) is 24.3 Å². The van der Waals surface area contributed by atoms with E-state index in [0.29, 0.717) is 5.44 Å². The SMILES string of the molecule is Fc1cccc(P(c2ccccn2)c2cccc(F)c2F)c1F. The van der Waals surface area contributed by atoms with E-state index in [2.05, 4.69) is 4.98 Å². The summed E-state index contributed by atoms with van der Waals surface area (Å²) in [5.41, 5.74) is 0.358. The first-order valence-corrected chi connectivity index (χ1v) is 8.03. The Morgan fingerprint density at radius 2 is 1.22 bits per heavy atom. The van der Waals surface area contributed by atoms with Crippen LogP contribution in [0.1, 0.15) is 0 Å². The van der Waals surface area contributed by atoms with Crippen LogP contribution in [0, 0.1) is 23.3 Å². The fraction of sp³-hybridized carbons (Fsp3) is 0. The number of halogens is 4. The van der Waals surface area contributed by atoms with Gasteiger partial charge in [0.25, 0.3) is 0 Å². The van der Waals surface area contributed by atoms with Gasteiger partial charge in [-0.1, -0.05) is 30.3 Å². The molecule has 0 aliphatic heterocycles. The molecule has 23 heavy (non-hydrogen) atoms. The van der Waals surface area contributed by atoms with Crippen molar-refractivity contribution in [3.63, 3.8) is 0 Å². The first kappa shape index (κ1) is 15.6. The Balaban J connectivity index is 2.27. The minimum Gasteiger partial charge on any atom is -0.256 e. The second kappa shape index (κ2) is 6.47. The van der Waals surface area contributed by atoms with Gasteiger partial charge < -0.3 is 0 Å². The monoisotopic (exact) mass is 335 g/mol. The highest BCUT2D eigenvalue weighted by atomic mass is 31.1. The van der Waals surface area contributed by atoms with E-state index in [1.54, 1.807) is 18.2 Å². The molecule has 0 aliphatic rings. The maximum Gasteiger partial charge on any atom is 0.167 e. The van der Waals surface area contributed by atoms with Gasteiger partial charge in [0.2, 0.25) is 0 Å². The molecule has 0 unspecified atom stereocenters. The zero-order valence-electron chi connectivity index (χ0n) is 11.7. The number of benzene rings is 2. The van der Waals surface area contributed by atoms with Crippen LogP contribution >= 0.6 is 7.92 Å². The van der Waals surface area contributed by atoms with Gasteiger partial charge in [-0.2, -0.15) is 0 Å². The Morgan fingerprint density at radius 1 is 0.652 bits per heavy atom. The number of pyridine rings is 1. The average Bonchev–Trinajstić information content (AvgIpc) is 2.56. The lowest BCUT2D eigenvalue weighted by Crippen LogP contribution is -2.27. The number of hydrogen-bond acceptors (Lipinski definition) is 1. The molecule has 116 valence electrons. The lowest BCUT2D eigenvalue weighted by molar-refractivity contribution is 0.513. The summed E-state index contributed by atoms with van der Waals surface area (Å²) in [5.74, 6) is -4.23. The molecule has 0 saturated heterocycles. The predicted molar refractivity (Wildman–Crippen MR) is 82.8 cm³/mol. The summed E-state index contributed by atoms with van der Waals surface area (Å²) in [6.07, 6.45) is 1.47. The van der Waals surface area contributed by atoms with E-state index in [1.807, 2.05) is 0 Å². The van der Waals surface area contributed by atoms with Gasteiger partial charge in [0.05, 0.1) is 5.44 Å². The molecular weight excluding hydrogens is 325 g/mol. The third-order valence-electron chi connectivity index (χ3n) is 3.22. The van der Waals surface area contributed by atoms with Gasteiger partial charge in [0.1, 0.15) is 0 Å². The molecule has 0 bridgehead atoms. The summed E-state index contributed by atoms with van der Waals surface area (Å²) >= 11 is 0. The molecule has 3 aromatic rings. The summed E-state index contributed by atoms with van der Waals surface area (Å²) in [7, 11) is -1.86. The van der Waals surface area contributed by atoms with Crippen molar-refractivity contribution in [3.05, 3.63) is 84.1 Å². The summed E-state index contributed by atoms with van der Waals surface area (Å²) in [6, 6.07) is 12.3. The van der Waals surface area contributed by atoms with Crippen molar-refractivity contribution in [2.75, 3.05) is 0 Å². The second-order valence-corrected chi connectivity index (χ2v) is 6.76. The van der Waals surface area contributed by atoms with Gasteiger partial charge in [-0.3, -0.25) is 4.98 Å². The van der Waals surface area contributed by atoms with Crippen LogP contribution < -0.4 is 16.0 Å². The first-order chi connectivity index (χ1) is 11.1. The van der Waals surface area contributed by atoms with Gasteiger partial charge in [-0.25, -0.2) is 17.6 Å². The van der Waals surface area contributed by atoms with Crippen molar-refractivity contribution in [3.8, 4) is 0 Å². The molecule has 0 aliphatic carbocycles. The molecule has 2 aromatic carbocycles. The Hall–Kier alpha value is -2.26. The maximum atomic E-state index is 14.3. The number of hydrogen-bond donors (Lipinski definition) is 0. The molecule has 0 N–H and O–H groups in total. The van der Waals surface area contributed by atoms with Crippen molar-refractivity contribution in [2.45, 2.75) is 0 Å². The highest BCUT2D eigenvalue weighted by molar-refractivity contribution is 7.79. The topological polar surface area (TPSA) is 12.9 Å². The Labute approximate surface area is 131 Å². The van der Waals surface area contributed by atoms with Crippen LogP contribution in [0.4, 0.5) is 17.6 Å². The average molecular weight is 335 g/mol. The van der Waals surface area contributed by atoms with Crippen LogP contribution in [0.25, 0.3) is 0 Å². The van der Waals surface area contributed by atoms with Crippen molar-refractivity contribution in [1.29, 1.82) is 0 Å². The van der Waals surface area contributed by atoms with Crippen LogP contribution in [-0.4, -0.2) is 4.98 Å². The Bertz CT molecular complexity index is 788. The minimum atomic E-state index is -1.86. The predicted octanol–water partition coefficient (Wildman–Crippen LogP) is 3.40. The molecule has 3 rings (SSSR count). The lowest BCUT2D eigenvalue weighted by Gasteiger charge is -2.19. The van der Waals surface area contributed by atoms with Crippen molar-refractivity contribution in [1.82, 2.24) is 4.98 Å². The van der Waals surface area contributed by atoms with E-state index in [9.17, 15) is 17.6 Å². The number of rotatable bonds is 3. The summed E-state index contributed by atoms with van der Waals surface area (Å²) in [6.45, 7) is 0. The molecule has 0 fully saturated rings. The fourth-order valence-corrected chi connectivity index (χ4v) is 4.44. The highest BCUT2D eigenvalue weighted by Crippen LogP contribution is 2.34. The minimum absolute atomic E-state index is 0.0387. The van der Waals surface area contributed by atoms with E-state index < -0.39 is 31.2 Å². The van der Waals surface area contributed by atoms with E-state index in [-0.39, 0.29) is 10.6 Å². The second-order valence-electron chi connectivity index (χ2n) is 4.67. The summed E-state index contributed by atoms with van der Waals surface area (Å²) < 4.78 is 55.7. The Morgan fingerprint density at radius 3 is 1.70 bits per heavy atom. The molecule has 0 atom stereocenters. The van der Waals surface area contributed by atoms with E-state index in [0.717, 1.165) is 12.1 Å². The van der Waals surface area contributed by atoms with Crippen LogP contribution in [0.3, 0.4) is 0 Å². The first-order valence-electron chi connectivity index (χ1n) is 6.69. The van der Waals surface area contributed by atoms with Crippen molar-refractivity contribution in [2.24, 2.45) is 0 Å². The quantitative estimate of drug-likeness (QED) is 0.528. The third-order valence-corrected chi connectivity index (χ3v) is 5.60. The van der Waals surface area contributed by atoms with Crippen molar-refractivity contribution >= 4 is 24.0 Å². The summed E-state index contributed by atoms with van der Waals surface area (Å²) in [4.78, 5) is 4.12. The van der Waals surface area contributed by atoms with Gasteiger partial charge in [0, 0.05) is 24.7 Å². The maximum absolute atomic E-state index is 14.3. The molecule has 0 amide bonds. The van der Waals surface area contributed by atoms with E-state index >= 15 is 0 Å².